The predicted octanol–water partition coefficient (Wildman–Crippen LogP) is 4.03. The van der Waals surface area contributed by atoms with E-state index in [1.165, 1.54) is 57.8 Å². The van der Waals surface area contributed by atoms with Crippen LogP contribution in [0.4, 0.5) is 0 Å². The fourth-order valence-electron chi connectivity index (χ4n) is 1.57. The molecule has 1 heteroatoms. The smallest absolute Gasteiger partial charge is 0.0192 e. The van der Waals surface area contributed by atoms with Crippen LogP contribution in [-0.2, 0) is 0 Å². The highest BCUT2D eigenvalue weighted by molar-refractivity contribution is 4.54. The maximum atomic E-state index is 5.30. The van der Waals surface area contributed by atoms with Gasteiger partial charge >= 0.3 is 0 Å². The molecule has 0 aliphatic heterocycles. The van der Waals surface area contributed by atoms with Gasteiger partial charge in [0.25, 0.3) is 0 Å². The Balaban J connectivity index is 2.76. The van der Waals surface area contributed by atoms with E-state index < -0.39 is 0 Å². The van der Waals surface area contributed by atoms with Gasteiger partial charge in [-0.05, 0) is 6.42 Å². The molecule has 13 heavy (non-hydrogen) atoms. The van der Waals surface area contributed by atoms with Gasteiger partial charge in [0, 0.05) is 6.54 Å². The molecule has 0 heterocycles. The van der Waals surface area contributed by atoms with E-state index in [2.05, 4.69) is 6.92 Å². The minimum atomic E-state index is 1.09. The first-order valence-corrected chi connectivity index (χ1v) is 5.95. The van der Waals surface area contributed by atoms with Gasteiger partial charge in [0.15, 0.2) is 0 Å². The zero-order valence-corrected chi connectivity index (χ0v) is 9.23. The summed E-state index contributed by atoms with van der Waals surface area (Å²) in [6.45, 7) is 4.05. The summed E-state index contributed by atoms with van der Waals surface area (Å²) in [7, 11) is 0. The van der Waals surface area contributed by atoms with E-state index in [-0.39, 0.29) is 0 Å². The van der Waals surface area contributed by atoms with Gasteiger partial charge < -0.3 is 5.73 Å². The molecule has 0 saturated heterocycles. The first-order valence-electron chi connectivity index (χ1n) is 5.95. The summed E-state index contributed by atoms with van der Waals surface area (Å²) in [5.41, 5.74) is 5.30. The zero-order chi connectivity index (χ0) is 9.78. The molecule has 2 N–H and O–H groups in total. The number of unbranched alkanes of at least 4 members (excludes halogenated alkanes) is 9. The van der Waals surface area contributed by atoms with Crippen LogP contribution in [0, 0.1) is 6.54 Å². The molecule has 0 aliphatic rings. The normalized spacial score (nSPS) is 10.6. The largest absolute Gasteiger partial charge is 0.326 e. The fraction of sp³-hybridized carbons (Fsp3) is 0.917. The number of rotatable bonds is 10. The minimum Gasteiger partial charge on any atom is -0.326 e. The van der Waals surface area contributed by atoms with Gasteiger partial charge in [0.05, 0.1) is 0 Å². The average molecular weight is 184 g/mol. The molecule has 1 radical (unpaired) electrons. The lowest BCUT2D eigenvalue weighted by Crippen LogP contribution is -1.89. The molecule has 0 unspecified atom stereocenters. The Morgan fingerprint density at radius 3 is 1.69 bits per heavy atom. The Hall–Kier alpha value is -0.0400. The quantitative estimate of drug-likeness (QED) is 0.510. The molecule has 0 rings (SSSR count). The van der Waals surface area contributed by atoms with Crippen molar-refractivity contribution in [2.45, 2.75) is 71.1 Å². The molecule has 0 fully saturated rings. The Morgan fingerprint density at radius 2 is 1.23 bits per heavy atom. The van der Waals surface area contributed by atoms with Gasteiger partial charge in [-0.2, -0.15) is 0 Å². The minimum absolute atomic E-state index is 1.09. The van der Waals surface area contributed by atoms with Gasteiger partial charge in [0.2, 0.25) is 0 Å². The SMILES string of the molecule is CCCCCCCCCCC[CH]N. The lowest BCUT2D eigenvalue weighted by molar-refractivity contribution is 0.563. The van der Waals surface area contributed by atoms with Crippen LogP contribution in [0.15, 0.2) is 0 Å². The van der Waals surface area contributed by atoms with E-state index in [0.29, 0.717) is 0 Å². The van der Waals surface area contributed by atoms with E-state index in [1.807, 2.05) is 0 Å². The summed E-state index contributed by atoms with van der Waals surface area (Å²) in [5, 5.41) is 0. The second kappa shape index (κ2) is 12.0. The summed E-state index contributed by atoms with van der Waals surface area (Å²) in [6.07, 6.45) is 13.7. The second-order valence-corrected chi connectivity index (χ2v) is 3.85. The third-order valence-electron chi connectivity index (χ3n) is 2.47. The van der Waals surface area contributed by atoms with Gasteiger partial charge in [-0.3, -0.25) is 0 Å². The van der Waals surface area contributed by atoms with Crippen LogP contribution in [0.5, 0.6) is 0 Å². The van der Waals surface area contributed by atoms with Crippen molar-refractivity contribution in [3.63, 3.8) is 0 Å². The topological polar surface area (TPSA) is 26.0 Å². The van der Waals surface area contributed by atoms with E-state index >= 15 is 0 Å². The molecule has 0 bridgehead atoms. The highest BCUT2D eigenvalue weighted by Gasteiger charge is 1.91. The second-order valence-electron chi connectivity index (χ2n) is 3.85. The van der Waals surface area contributed by atoms with Crippen molar-refractivity contribution in [1.29, 1.82) is 0 Å². The Kier molecular flexibility index (Phi) is 11.9. The first kappa shape index (κ1) is 13.0. The van der Waals surface area contributed by atoms with Crippen molar-refractivity contribution in [3.05, 3.63) is 6.54 Å². The van der Waals surface area contributed by atoms with E-state index in [4.69, 9.17) is 5.73 Å². The maximum absolute atomic E-state index is 5.30. The predicted molar refractivity (Wildman–Crippen MR) is 60.3 cm³/mol. The van der Waals surface area contributed by atoms with Crippen LogP contribution in [0.2, 0.25) is 0 Å². The van der Waals surface area contributed by atoms with Crippen LogP contribution >= 0.6 is 0 Å². The molecular weight excluding hydrogens is 158 g/mol. The summed E-state index contributed by atoms with van der Waals surface area (Å²) >= 11 is 0. The van der Waals surface area contributed by atoms with Gasteiger partial charge in [-0.25, -0.2) is 0 Å². The number of hydrogen-bond acceptors (Lipinski definition) is 1. The van der Waals surface area contributed by atoms with Crippen LogP contribution in [0.3, 0.4) is 0 Å². The lowest BCUT2D eigenvalue weighted by atomic mass is 10.1. The van der Waals surface area contributed by atoms with Crippen molar-refractivity contribution >= 4 is 0 Å². The Morgan fingerprint density at radius 1 is 0.769 bits per heavy atom. The monoisotopic (exact) mass is 184 g/mol. The molecule has 0 aliphatic carbocycles. The summed E-state index contributed by atoms with van der Waals surface area (Å²) in [4.78, 5) is 0. The number of nitrogens with two attached hydrogens (primary N) is 1. The van der Waals surface area contributed by atoms with E-state index in [1.54, 1.807) is 6.54 Å². The van der Waals surface area contributed by atoms with Gasteiger partial charge in [-0.1, -0.05) is 64.7 Å². The fourth-order valence-corrected chi connectivity index (χ4v) is 1.57. The third-order valence-corrected chi connectivity index (χ3v) is 2.47. The Bertz CT molecular complexity index is 71.2. The van der Waals surface area contributed by atoms with Crippen molar-refractivity contribution in [2.24, 2.45) is 5.73 Å². The van der Waals surface area contributed by atoms with Crippen LogP contribution < -0.4 is 5.73 Å². The molecule has 0 spiro atoms. The molecule has 0 aromatic carbocycles. The van der Waals surface area contributed by atoms with E-state index in [9.17, 15) is 0 Å². The molecule has 0 aromatic heterocycles. The van der Waals surface area contributed by atoms with Gasteiger partial charge in [-0.15, -0.1) is 0 Å². The summed E-state index contributed by atoms with van der Waals surface area (Å²) in [5.74, 6) is 0. The lowest BCUT2D eigenvalue weighted by Gasteiger charge is -2.00. The number of hydrogen-bond donors (Lipinski definition) is 1. The molecular formula is C12H26N. The zero-order valence-electron chi connectivity index (χ0n) is 9.23. The standard InChI is InChI=1S/C12H26N/c1-2-3-4-5-6-7-8-9-10-11-12-13/h12H,2-11,13H2,1H3. The molecule has 0 amide bonds. The third kappa shape index (κ3) is 12.0. The molecule has 1 nitrogen and oxygen atoms in total. The average Bonchev–Trinajstić information content (AvgIpc) is 2.16. The molecule has 0 saturated carbocycles. The summed E-state index contributed by atoms with van der Waals surface area (Å²) in [6, 6.07) is 0. The van der Waals surface area contributed by atoms with Crippen LogP contribution in [-0.4, -0.2) is 0 Å². The Labute approximate surface area is 84.1 Å². The first-order chi connectivity index (χ1) is 6.41. The van der Waals surface area contributed by atoms with Crippen LogP contribution in [0.25, 0.3) is 0 Å². The summed E-state index contributed by atoms with van der Waals surface area (Å²) < 4.78 is 0. The van der Waals surface area contributed by atoms with Crippen molar-refractivity contribution in [2.75, 3.05) is 0 Å². The highest BCUT2D eigenvalue weighted by Crippen LogP contribution is 2.10. The van der Waals surface area contributed by atoms with Gasteiger partial charge in [0.1, 0.15) is 0 Å². The van der Waals surface area contributed by atoms with Crippen LogP contribution in [0.1, 0.15) is 71.1 Å². The van der Waals surface area contributed by atoms with Crippen molar-refractivity contribution in [1.82, 2.24) is 0 Å². The highest BCUT2D eigenvalue weighted by atomic mass is 14.5. The molecule has 0 aromatic rings. The van der Waals surface area contributed by atoms with Crippen molar-refractivity contribution < 1.29 is 0 Å². The van der Waals surface area contributed by atoms with Crippen molar-refractivity contribution in [3.8, 4) is 0 Å². The van der Waals surface area contributed by atoms with E-state index in [0.717, 1.165) is 6.42 Å². The molecule has 0 atom stereocenters. The molecule has 79 valence electrons. The maximum Gasteiger partial charge on any atom is 0.0192 e.